The van der Waals surface area contributed by atoms with Gasteiger partial charge in [0.2, 0.25) is 0 Å². The van der Waals surface area contributed by atoms with Gasteiger partial charge in [-0.2, -0.15) is 11.8 Å². The molecule has 1 heterocycles. The summed E-state index contributed by atoms with van der Waals surface area (Å²) >= 11 is 1.99. The molecule has 16 heavy (non-hydrogen) atoms. The Morgan fingerprint density at radius 2 is 2.19 bits per heavy atom. The first-order valence-corrected chi connectivity index (χ1v) is 7.01. The Bertz CT molecular complexity index is 308. The van der Waals surface area contributed by atoms with Crippen molar-refractivity contribution >= 4 is 11.8 Å². The number of nitrogens with zero attached hydrogens (tertiary/aromatic N) is 4. The van der Waals surface area contributed by atoms with Gasteiger partial charge < -0.3 is 5.73 Å². The molecule has 1 saturated carbocycles. The number of hydrogen-bond acceptors (Lipinski definition) is 5. The first-order valence-electron chi connectivity index (χ1n) is 5.97. The molecule has 0 bridgehead atoms. The van der Waals surface area contributed by atoms with E-state index in [0.29, 0.717) is 6.54 Å². The van der Waals surface area contributed by atoms with Gasteiger partial charge in [-0.3, -0.25) is 0 Å². The summed E-state index contributed by atoms with van der Waals surface area (Å²) in [4.78, 5) is 0. The molecule has 2 N–H and O–H groups in total. The van der Waals surface area contributed by atoms with Gasteiger partial charge >= 0.3 is 0 Å². The van der Waals surface area contributed by atoms with Gasteiger partial charge in [0.15, 0.2) is 5.82 Å². The van der Waals surface area contributed by atoms with Crippen LogP contribution in [0.1, 0.15) is 37.9 Å². The molecule has 0 aliphatic heterocycles. The van der Waals surface area contributed by atoms with Crippen LogP contribution in [0.3, 0.4) is 0 Å². The minimum Gasteiger partial charge on any atom is -0.330 e. The maximum absolute atomic E-state index is 5.48. The largest absolute Gasteiger partial charge is 0.330 e. The van der Waals surface area contributed by atoms with E-state index < -0.39 is 0 Å². The van der Waals surface area contributed by atoms with Crippen LogP contribution in [-0.2, 0) is 12.3 Å². The molecular weight excluding hydrogens is 222 g/mol. The molecule has 0 aromatic carbocycles. The first kappa shape index (κ1) is 11.9. The van der Waals surface area contributed by atoms with Crippen molar-refractivity contribution < 1.29 is 0 Å². The Morgan fingerprint density at radius 3 is 2.94 bits per heavy atom. The lowest BCUT2D eigenvalue weighted by molar-refractivity contribution is 0.550. The second-order valence-electron chi connectivity index (χ2n) is 4.18. The third-order valence-electron chi connectivity index (χ3n) is 2.93. The highest BCUT2D eigenvalue weighted by Crippen LogP contribution is 2.30. The Hall–Kier alpha value is -0.620. The van der Waals surface area contributed by atoms with Crippen molar-refractivity contribution in [3.05, 3.63) is 5.82 Å². The average Bonchev–Trinajstić information content (AvgIpc) is 2.94. The van der Waals surface area contributed by atoms with E-state index in [1.165, 1.54) is 25.7 Å². The molecule has 0 radical (unpaired) electrons. The molecule has 0 saturated heterocycles. The molecule has 0 spiro atoms. The summed E-state index contributed by atoms with van der Waals surface area (Å²) in [5, 5.41) is 12.6. The molecular formula is C10H19N5S. The van der Waals surface area contributed by atoms with Crippen LogP contribution in [0.15, 0.2) is 0 Å². The zero-order valence-corrected chi connectivity index (χ0v) is 10.3. The smallest absolute Gasteiger partial charge is 0.161 e. The Kier molecular flexibility index (Phi) is 4.59. The van der Waals surface area contributed by atoms with E-state index in [1.807, 2.05) is 16.4 Å². The second-order valence-corrected chi connectivity index (χ2v) is 5.47. The van der Waals surface area contributed by atoms with Gasteiger partial charge in [-0.25, -0.2) is 4.68 Å². The highest BCUT2D eigenvalue weighted by Gasteiger charge is 2.16. The van der Waals surface area contributed by atoms with E-state index in [1.54, 1.807) is 0 Å². The molecule has 1 fully saturated rings. The van der Waals surface area contributed by atoms with E-state index in [2.05, 4.69) is 15.5 Å². The summed E-state index contributed by atoms with van der Waals surface area (Å²) in [5.41, 5.74) is 5.48. The Labute approximate surface area is 100 Å². The fourth-order valence-electron chi connectivity index (χ4n) is 1.99. The zero-order chi connectivity index (χ0) is 11.2. The van der Waals surface area contributed by atoms with Gasteiger partial charge in [0, 0.05) is 11.8 Å². The minimum atomic E-state index is 0.690. The van der Waals surface area contributed by atoms with Crippen molar-refractivity contribution in [2.75, 3.05) is 6.54 Å². The van der Waals surface area contributed by atoms with Gasteiger partial charge in [0.25, 0.3) is 0 Å². The average molecular weight is 241 g/mol. The number of aryl methyl sites for hydroxylation is 1. The fraction of sp³-hybridized carbons (Fsp3) is 0.900. The van der Waals surface area contributed by atoms with Crippen LogP contribution in [0, 0.1) is 0 Å². The van der Waals surface area contributed by atoms with Crippen LogP contribution in [0.25, 0.3) is 0 Å². The van der Waals surface area contributed by atoms with Crippen molar-refractivity contribution in [3.8, 4) is 0 Å². The normalized spacial score (nSPS) is 17.1. The van der Waals surface area contributed by atoms with E-state index in [-0.39, 0.29) is 0 Å². The molecule has 5 nitrogen and oxygen atoms in total. The lowest BCUT2D eigenvalue weighted by Gasteiger charge is -2.08. The number of tetrazole rings is 1. The second kappa shape index (κ2) is 6.20. The topological polar surface area (TPSA) is 69.6 Å². The van der Waals surface area contributed by atoms with Gasteiger partial charge in [0.05, 0.1) is 5.75 Å². The number of thioether (sulfide) groups is 1. The predicted molar refractivity (Wildman–Crippen MR) is 65.0 cm³/mol. The van der Waals surface area contributed by atoms with Crippen LogP contribution >= 0.6 is 11.8 Å². The standard InChI is InChI=1S/C10H19N5S/c11-6-3-7-15-10(12-13-14-15)8-16-9-4-1-2-5-9/h9H,1-8,11H2. The van der Waals surface area contributed by atoms with Gasteiger partial charge in [-0.15, -0.1) is 5.10 Å². The summed E-state index contributed by atoms with van der Waals surface area (Å²) < 4.78 is 1.88. The molecule has 90 valence electrons. The number of hydrogen-bond donors (Lipinski definition) is 1. The first-order chi connectivity index (χ1) is 7.90. The summed E-state index contributed by atoms with van der Waals surface area (Å²) in [7, 11) is 0. The summed E-state index contributed by atoms with van der Waals surface area (Å²) in [6.07, 6.45) is 6.42. The summed E-state index contributed by atoms with van der Waals surface area (Å²) in [6.45, 7) is 1.53. The van der Waals surface area contributed by atoms with Crippen LogP contribution in [0.4, 0.5) is 0 Å². The number of rotatable bonds is 6. The SMILES string of the molecule is NCCCn1nnnc1CSC1CCCC1. The molecule has 6 heteroatoms. The highest BCUT2D eigenvalue weighted by molar-refractivity contribution is 7.99. The summed E-state index contributed by atoms with van der Waals surface area (Å²) in [6, 6.07) is 0. The van der Waals surface area contributed by atoms with E-state index in [0.717, 1.165) is 29.8 Å². The minimum absolute atomic E-state index is 0.690. The molecule has 2 rings (SSSR count). The Morgan fingerprint density at radius 1 is 1.38 bits per heavy atom. The van der Waals surface area contributed by atoms with Crippen molar-refractivity contribution in [2.24, 2.45) is 5.73 Å². The maximum atomic E-state index is 5.48. The van der Waals surface area contributed by atoms with Crippen LogP contribution in [-0.4, -0.2) is 32.0 Å². The van der Waals surface area contributed by atoms with Crippen molar-refractivity contribution in [3.63, 3.8) is 0 Å². The number of nitrogens with two attached hydrogens (primary N) is 1. The predicted octanol–water partition coefficient (Wildman–Crippen LogP) is 1.20. The molecule has 1 aromatic rings. The lowest BCUT2D eigenvalue weighted by Crippen LogP contribution is -2.10. The van der Waals surface area contributed by atoms with E-state index >= 15 is 0 Å². The van der Waals surface area contributed by atoms with Crippen LogP contribution in [0.5, 0.6) is 0 Å². The molecule has 0 amide bonds. The van der Waals surface area contributed by atoms with Crippen LogP contribution < -0.4 is 5.73 Å². The quantitative estimate of drug-likeness (QED) is 0.810. The molecule has 1 aromatic heterocycles. The van der Waals surface area contributed by atoms with Gasteiger partial charge in [0.1, 0.15) is 0 Å². The van der Waals surface area contributed by atoms with Crippen LogP contribution in [0.2, 0.25) is 0 Å². The monoisotopic (exact) mass is 241 g/mol. The molecule has 0 unspecified atom stereocenters. The van der Waals surface area contributed by atoms with Crippen molar-refractivity contribution in [2.45, 2.75) is 49.7 Å². The fourth-order valence-corrected chi connectivity index (χ4v) is 3.25. The third-order valence-corrected chi connectivity index (χ3v) is 4.30. The van der Waals surface area contributed by atoms with E-state index in [9.17, 15) is 0 Å². The highest BCUT2D eigenvalue weighted by atomic mass is 32.2. The van der Waals surface area contributed by atoms with Gasteiger partial charge in [-0.1, -0.05) is 12.8 Å². The summed E-state index contributed by atoms with van der Waals surface area (Å²) in [5.74, 6) is 1.92. The van der Waals surface area contributed by atoms with Gasteiger partial charge in [-0.05, 0) is 36.2 Å². The third kappa shape index (κ3) is 3.18. The maximum Gasteiger partial charge on any atom is 0.161 e. The molecule has 1 aliphatic carbocycles. The number of aromatic nitrogens is 4. The molecule has 1 aliphatic rings. The zero-order valence-electron chi connectivity index (χ0n) is 9.51. The van der Waals surface area contributed by atoms with Crippen molar-refractivity contribution in [1.82, 2.24) is 20.2 Å². The Balaban J connectivity index is 1.80. The molecule has 0 atom stereocenters. The lowest BCUT2D eigenvalue weighted by atomic mass is 10.4. The van der Waals surface area contributed by atoms with E-state index in [4.69, 9.17) is 5.73 Å². The van der Waals surface area contributed by atoms with Crippen molar-refractivity contribution in [1.29, 1.82) is 0 Å².